The third-order valence-electron chi connectivity index (χ3n) is 2.89. The van der Waals surface area contributed by atoms with Crippen molar-refractivity contribution in [3.05, 3.63) is 34.4 Å². The molecule has 100 valence electrons. The van der Waals surface area contributed by atoms with Gasteiger partial charge in [0.15, 0.2) is 4.34 Å². The number of thioether (sulfide) groups is 1. The van der Waals surface area contributed by atoms with Crippen molar-refractivity contribution in [1.82, 2.24) is 10.2 Å². The second-order valence-corrected chi connectivity index (χ2v) is 6.31. The van der Waals surface area contributed by atoms with Crippen LogP contribution in [-0.2, 0) is 0 Å². The Morgan fingerprint density at radius 1 is 1.16 bits per heavy atom. The fourth-order valence-electron chi connectivity index (χ4n) is 1.71. The summed E-state index contributed by atoms with van der Waals surface area (Å²) in [6, 6.07) is 3.94. The quantitative estimate of drug-likeness (QED) is 0.696. The summed E-state index contributed by atoms with van der Waals surface area (Å²) in [6.07, 6.45) is 1.93. The summed E-state index contributed by atoms with van der Waals surface area (Å²) in [4.78, 5) is 12.2. The van der Waals surface area contributed by atoms with E-state index in [0.29, 0.717) is 10.7 Å². The maximum Gasteiger partial charge on any atom is 0.257 e. The first kappa shape index (κ1) is 14.0. The molecule has 0 unspecified atom stereocenters. The molecular formula is C13H15N3OS2. The van der Waals surface area contributed by atoms with Crippen LogP contribution in [0.3, 0.4) is 0 Å². The van der Waals surface area contributed by atoms with Crippen LogP contribution in [0.4, 0.5) is 5.13 Å². The second-order valence-electron chi connectivity index (χ2n) is 4.28. The average Bonchev–Trinajstić information content (AvgIpc) is 2.81. The lowest BCUT2D eigenvalue weighted by Crippen LogP contribution is -2.13. The molecule has 0 radical (unpaired) electrons. The van der Waals surface area contributed by atoms with Gasteiger partial charge in [-0.05, 0) is 49.8 Å². The number of rotatable bonds is 3. The molecule has 0 saturated carbocycles. The Morgan fingerprint density at radius 2 is 1.84 bits per heavy atom. The smallest absolute Gasteiger partial charge is 0.257 e. The highest BCUT2D eigenvalue weighted by Crippen LogP contribution is 2.24. The van der Waals surface area contributed by atoms with E-state index in [1.165, 1.54) is 28.7 Å². The third kappa shape index (κ3) is 3.13. The van der Waals surface area contributed by atoms with E-state index in [2.05, 4.69) is 15.5 Å². The minimum atomic E-state index is -0.135. The molecule has 0 aliphatic rings. The average molecular weight is 293 g/mol. The van der Waals surface area contributed by atoms with E-state index < -0.39 is 0 Å². The molecule has 0 bridgehead atoms. The number of aromatic nitrogens is 2. The van der Waals surface area contributed by atoms with Crippen molar-refractivity contribution >= 4 is 34.1 Å². The van der Waals surface area contributed by atoms with E-state index in [1.54, 1.807) is 0 Å². The molecule has 1 aromatic heterocycles. The highest BCUT2D eigenvalue weighted by molar-refractivity contribution is 8.00. The number of benzene rings is 1. The molecule has 0 aliphatic heterocycles. The number of nitrogens with zero attached hydrogens (tertiary/aromatic N) is 2. The van der Waals surface area contributed by atoms with E-state index in [1.807, 2.05) is 39.2 Å². The number of carbonyl (C=O) groups is 1. The fourth-order valence-corrected chi connectivity index (χ4v) is 2.88. The van der Waals surface area contributed by atoms with Gasteiger partial charge in [-0.15, -0.1) is 10.2 Å². The van der Waals surface area contributed by atoms with Crippen molar-refractivity contribution in [1.29, 1.82) is 0 Å². The van der Waals surface area contributed by atoms with Crippen LogP contribution < -0.4 is 5.32 Å². The van der Waals surface area contributed by atoms with Crippen LogP contribution in [0, 0.1) is 20.8 Å². The first-order chi connectivity index (χ1) is 9.01. The molecular weight excluding hydrogens is 278 g/mol. The van der Waals surface area contributed by atoms with E-state index in [-0.39, 0.29) is 5.91 Å². The summed E-state index contributed by atoms with van der Waals surface area (Å²) < 4.78 is 0.840. The predicted molar refractivity (Wildman–Crippen MR) is 80.3 cm³/mol. The maximum absolute atomic E-state index is 12.2. The molecule has 0 atom stereocenters. The van der Waals surface area contributed by atoms with Crippen LogP contribution in [0.15, 0.2) is 16.5 Å². The standard InChI is InChI=1S/C13H15N3OS2/c1-7-5-9(3)10(6-8(7)2)11(17)14-12-15-16-13(18-4)19-12/h5-6H,1-4H3,(H,14,15,17). The summed E-state index contributed by atoms with van der Waals surface area (Å²) in [5.74, 6) is -0.135. The monoisotopic (exact) mass is 293 g/mol. The first-order valence-corrected chi connectivity index (χ1v) is 7.82. The van der Waals surface area contributed by atoms with Crippen molar-refractivity contribution in [3.8, 4) is 0 Å². The van der Waals surface area contributed by atoms with Gasteiger partial charge < -0.3 is 0 Å². The van der Waals surface area contributed by atoms with Gasteiger partial charge in [0, 0.05) is 5.56 Å². The minimum Gasteiger partial charge on any atom is -0.296 e. The van der Waals surface area contributed by atoms with E-state index in [4.69, 9.17) is 0 Å². The van der Waals surface area contributed by atoms with Crippen molar-refractivity contribution < 1.29 is 4.79 Å². The maximum atomic E-state index is 12.2. The predicted octanol–water partition coefficient (Wildman–Crippen LogP) is 3.44. The summed E-state index contributed by atoms with van der Waals surface area (Å²) >= 11 is 2.89. The Hall–Kier alpha value is -1.40. The van der Waals surface area contributed by atoms with Crippen molar-refractivity contribution in [2.75, 3.05) is 11.6 Å². The van der Waals surface area contributed by atoms with Crippen molar-refractivity contribution in [2.24, 2.45) is 0 Å². The number of hydrogen-bond donors (Lipinski definition) is 1. The minimum absolute atomic E-state index is 0.135. The molecule has 1 heterocycles. The summed E-state index contributed by atoms with van der Waals surface area (Å²) in [5.41, 5.74) is 3.95. The number of carbonyl (C=O) groups excluding carboxylic acids is 1. The van der Waals surface area contributed by atoms with Gasteiger partial charge in [-0.25, -0.2) is 0 Å². The highest BCUT2D eigenvalue weighted by Gasteiger charge is 2.13. The molecule has 2 rings (SSSR count). The molecule has 0 saturated heterocycles. The molecule has 0 spiro atoms. The largest absolute Gasteiger partial charge is 0.296 e. The van der Waals surface area contributed by atoms with Gasteiger partial charge in [0.05, 0.1) is 0 Å². The molecule has 4 nitrogen and oxygen atoms in total. The van der Waals surface area contributed by atoms with Gasteiger partial charge in [-0.3, -0.25) is 10.1 Å². The Morgan fingerprint density at radius 3 is 2.47 bits per heavy atom. The third-order valence-corrected chi connectivity index (χ3v) is 4.70. The van der Waals surface area contributed by atoms with Gasteiger partial charge in [0.2, 0.25) is 5.13 Å². The molecule has 1 N–H and O–H groups in total. The number of amides is 1. The summed E-state index contributed by atoms with van der Waals surface area (Å²) in [7, 11) is 0. The Kier molecular flexibility index (Phi) is 4.21. The number of anilines is 1. The van der Waals surface area contributed by atoms with Crippen LogP contribution in [0.1, 0.15) is 27.0 Å². The second kappa shape index (κ2) is 5.71. The van der Waals surface area contributed by atoms with E-state index in [0.717, 1.165) is 15.5 Å². The summed E-state index contributed by atoms with van der Waals surface area (Å²) in [5, 5.41) is 11.2. The Bertz CT molecular complexity index is 622. The number of hydrogen-bond acceptors (Lipinski definition) is 5. The van der Waals surface area contributed by atoms with Gasteiger partial charge in [0.25, 0.3) is 5.91 Å². The molecule has 19 heavy (non-hydrogen) atoms. The fraction of sp³-hybridized carbons (Fsp3) is 0.308. The Balaban J connectivity index is 2.22. The molecule has 1 amide bonds. The lowest BCUT2D eigenvalue weighted by molar-refractivity contribution is 0.102. The van der Waals surface area contributed by atoms with Crippen LogP contribution >= 0.6 is 23.1 Å². The Labute approximate surface area is 120 Å². The number of nitrogens with one attached hydrogen (secondary N) is 1. The molecule has 6 heteroatoms. The van der Waals surface area contributed by atoms with Gasteiger partial charge in [0.1, 0.15) is 0 Å². The van der Waals surface area contributed by atoms with Crippen molar-refractivity contribution in [2.45, 2.75) is 25.1 Å². The molecule has 1 aromatic carbocycles. The zero-order valence-corrected chi connectivity index (χ0v) is 12.9. The zero-order valence-electron chi connectivity index (χ0n) is 11.3. The lowest BCUT2D eigenvalue weighted by atomic mass is 10.0. The highest BCUT2D eigenvalue weighted by atomic mass is 32.2. The van der Waals surface area contributed by atoms with Crippen molar-refractivity contribution in [3.63, 3.8) is 0 Å². The van der Waals surface area contributed by atoms with Crippen LogP contribution in [-0.4, -0.2) is 22.4 Å². The summed E-state index contributed by atoms with van der Waals surface area (Å²) in [6.45, 7) is 5.98. The van der Waals surface area contributed by atoms with Gasteiger partial charge >= 0.3 is 0 Å². The normalized spacial score (nSPS) is 10.5. The zero-order chi connectivity index (χ0) is 14.0. The van der Waals surface area contributed by atoms with E-state index >= 15 is 0 Å². The SMILES string of the molecule is CSc1nnc(NC(=O)c2cc(C)c(C)cc2C)s1. The number of aryl methyl sites for hydroxylation is 3. The van der Waals surface area contributed by atoms with Crippen LogP contribution in [0.25, 0.3) is 0 Å². The van der Waals surface area contributed by atoms with Gasteiger partial charge in [-0.2, -0.15) is 0 Å². The van der Waals surface area contributed by atoms with Crippen LogP contribution in [0.5, 0.6) is 0 Å². The molecule has 0 fully saturated rings. The van der Waals surface area contributed by atoms with E-state index in [9.17, 15) is 4.79 Å². The molecule has 0 aliphatic carbocycles. The topological polar surface area (TPSA) is 54.9 Å². The van der Waals surface area contributed by atoms with Crippen LogP contribution in [0.2, 0.25) is 0 Å². The van der Waals surface area contributed by atoms with Gasteiger partial charge in [-0.1, -0.05) is 29.2 Å². The molecule has 2 aromatic rings. The first-order valence-electron chi connectivity index (χ1n) is 5.78. The lowest BCUT2D eigenvalue weighted by Gasteiger charge is -2.08.